The molecule has 168 valence electrons. The molecule has 0 aliphatic heterocycles. The molecule has 0 amide bonds. The highest BCUT2D eigenvalue weighted by atomic mass is 35.5. The van der Waals surface area contributed by atoms with Crippen LogP contribution in [0.3, 0.4) is 0 Å². The molecule has 0 saturated heterocycles. The molecule has 1 heterocycles. The Morgan fingerprint density at radius 1 is 1.00 bits per heavy atom. The zero-order valence-corrected chi connectivity index (χ0v) is 19.1. The summed E-state index contributed by atoms with van der Waals surface area (Å²) < 4.78 is 1.65. The van der Waals surface area contributed by atoms with E-state index in [0.717, 1.165) is 22.2 Å². The molecule has 1 aromatic heterocycles. The van der Waals surface area contributed by atoms with Gasteiger partial charge in [-0.25, -0.2) is 4.79 Å². The lowest BCUT2D eigenvalue weighted by Gasteiger charge is -2.11. The number of rotatable bonds is 6. The molecule has 0 bridgehead atoms. The number of aromatic carboxylic acids is 1. The Hall–Kier alpha value is -3.48. The zero-order valence-electron chi connectivity index (χ0n) is 17.6. The number of hydrogen-bond acceptors (Lipinski definition) is 4. The van der Waals surface area contributed by atoms with Crippen LogP contribution in [0.4, 0.5) is 5.69 Å². The van der Waals surface area contributed by atoms with E-state index in [0.29, 0.717) is 29.2 Å². The van der Waals surface area contributed by atoms with E-state index in [9.17, 15) is 14.7 Å². The third kappa shape index (κ3) is 4.27. The van der Waals surface area contributed by atoms with Crippen LogP contribution in [0.1, 0.15) is 32.0 Å². The molecule has 4 rings (SSSR count). The molecular formula is C25H20Cl2N2O4. The Morgan fingerprint density at radius 3 is 2.48 bits per heavy atom. The second-order valence-electron chi connectivity index (χ2n) is 7.54. The van der Waals surface area contributed by atoms with Crippen molar-refractivity contribution in [2.45, 2.75) is 13.3 Å². The van der Waals surface area contributed by atoms with Gasteiger partial charge in [0.15, 0.2) is 0 Å². The van der Waals surface area contributed by atoms with Gasteiger partial charge >= 0.3 is 5.97 Å². The quantitative estimate of drug-likeness (QED) is 0.313. The summed E-state index contributed by atoms with van der Waals surface area (Å²) >= 11 is 12.4. The van der Waals surface area contributed by atoms with Crippen LogP contribution in [0.2, 0.25) is 10.0 Å². The maximum atomic E-state index is 13.4. The molecule has 0 aliphatic rings. The minimum atomic E-state index is -1.19. The topological polar surface area (TPSA) is 91.6 Å². The predicted molar refractivity (Wildman–Crippen MR) is 130 cm³/mol. The predicted octanol–water partition coefficient (Wildman–Crippen LogP) is 6.00. The lowest BCUT2D eigenvalue weighted by Crippen LogP contribution is -2.15. The van der Waals surface area contributed by atoms with Gasteiger partial charge in [-0.15, -0.1) is 0 Å². The van der Waals surface area contributed by atoms with E-state index in [4.69, 9.17) is 28.3 Å². The van der Waals surface area contributed by atoms with Crippen molar-refractivity contribution in [1.29, 1.82) is 0 Å². The van der Waals surface area contributed by atoms with E-state index in [1.54, 1.807) is 28.8 Å². The van der Waals surface area contributed by atoms with E-state index in [1.807, 2.05) is 31.2 Å². The number of carbonyl (C=O) groups is 2. The molecule has 0 radical (unpaired) electrons. The van der Waals surface area contributed by atoms with Crippen LogP contribution in [0, 0.1) is 6.92 Å². The van der Waals surface area contributed by atoms with Crippen LogP contribution in [-0.4, -0.2) is 33.2 Å². The number of fused-ring (bicyclic) bond motifs is 1. The second-order valence-corrected chi connectivity index (χ2v) is 8.32. The van der Waals surface area contributed by atoms with Crippen molar-refractivity contribution >= 4 is 51.7 Å². The lowest BCUT2D eigenvalue weighted by atomic mass is 10.1. The monoisotopic (exact) mass is 482 g/mol. The van der Waals surface area contributed by atoms with E-state index in [1.165, 1.54) is 12.1 Å². The van der Waals surface area contributed by atoms with Crippen molar-refractivity contribution in [1.82, 2.24) is 4.57 Å². The first-order valence-corrected chi connectivity index (χ1v) is 10.9. The average molecular weight is 483 g/mol. The number of carbonyl (C=O) groups excluding carboxylic acids is 1. The summed E-state index contributed by atoms with van der Waals surface area (Å²) in [7, 11) is 0. The number of aromatic nitrogens is 1. The summed E-state index contributed by atoms with van der Waals surface area (Å²) in [6.45, 7) is 2.39. The maximum Gasteiger partial charge on any atom is 0.339 e. The Kier molecular flexibility index (Phi) is 6.31. The van der Waals surface area contributed by atoms with E-state index >= 15 is 0 Å². The lowest BCUT2D eigenvalue weighted by molar-refractivity contribution is 0.0693. The number of carboxylic acids is 1. The van der Waals surface area contributed by atoms with Crippen LogP contribution in [0.5, 0.6) is 5.75 Å². The van der Waals surface area contributed by atoms with E-state index < -0.39 is 5.97 Å². The number of carboxylic acid groups (broad SMARTS) is 1. The van der Waals surface area contributed by atoms with Crippen molar-refractivity contribution < 1.29 is 19.8 Å². The SMILES string of the molecule is Cc1c(CCNc2ccc(C(=O)O)c(O)c2)c2ccccc2n1C(=O)c1cccc(Cl)c1Cl. The number of para-hydroxylation sites is 1. The van der Waals surface area contributed by atoms with Crippen molar-refractivity contribution in [3.63, 3.8) is 0 Å². The number of anilines is 1. The van der Waals surface area contributed by atoms with Gasteiger partial charge in [-0.2, -0.15) is 0 Å². The number of nitrogens with one attached hydrogen (secondary N) is 1. The van der Waals surface area contributed by atoms with Gasteiger partial charge in [0.2, 0.25) is 0 Å². The highest BCUT2D eigenvalue weighted by Gasteiger charge is 2.22. The zero-order chi connectivity index (χ0) is 23.7. The molecule has 3 aromatic carbocycles. The summed E-state index contributed by atoms with van der Waals surface area (Å²) in [5, 5.41) is 23.6. The summed E-state index contributed by atoms with van der Waals surface area (Å²) in [6, 6.07) is 17.0. The fraction of sp³-hybridized carbons (Fsp3) is 0.120. The van der Waals surface area contributed by atoms with Crippen molar-refractivity contribution in [2.24, 2.45) is 0 Å². The maximum absolute atomic E-state index is 13.4. The third-order valence-electron chi connectivity index (χ3n) is 5.56. The van der Waals surface area contributed by atoms with E-state index in [2.05, 4.69) is 5.32 Å². The molecule has 3 N–H and O–H groups in total. The standard InChI is InChI=1S/C25H20Cl2N2O4/c1-14-16(11-12-28-15-9-10-18(25(32)33)22(30)13-15)17-5-2-3-8-21(17)29(14)24(31)19-6-4-7-20(26)23(19)27/h2-10,13,28,30H,11-12H2,1H3,(H,32,33). The summed E-state index contributed by atoms with van der Waals surface area (Å²) in [5.74, 6) is -1.75. The van der Waals surface area contributed by atoms with Gasteiger partial charge in [-0.3, -0.25) is 9.36 Å². The van der Waals surface area contributed by atoms with Gasteiger partial charge in [-0.1, -0.05) is 47.5 Å². The normalized spacial score (nSPS) is 11.0. The smallest absolute Gasteiger partial charge is 0.339 e. The molecule has 0 atom stereocenters. The first-order chi connectivity index (χ1) is 15.8. The Labute approximate surface area is 200 Å². The highest BCUT2D eigenvalue weighted by Crippen LogP contribution is 2.31. The molecule has 0 spiro atoms. The van der Waals surface area contributed by atoms with Gasteiger partial charge < -0.3 is 15.5 Å². The molecule has 0 aliphatic carbocycles. The molecule has 0 unspecified atom stereocenters. The molecular weight excluding hydrogens is 463 g/mol. The van der Waals surface area contributed by atoms with Crippen LogP contribution < -0.4 is 5.32 Å². The summed E-state index contributed by atoms with van der Waals surface area (Å²) in [5.41, 5.74) is 3.33. The van der Waals surface area contributed by atoms with E-state index in [-0.39, 0.29) is 22.2 Å². The summed E-state index contributed by atoms with van der Waals surface area (Å²) in [6.07, 6.45) is 0.595. The molecule has 0 fully saturated rings. The number of benzene rings is 3. The molecule has 33 heavy (non-hydrogen) atoms. The number of aromatic hydroxyl groups is 1. The Bertz CT molecular complexity index is 1390. The second kappa shape index (κ2) is 9.17. The highest BCUT2D eigenvalue weighted by molar-refractivity contribution is 6.44. The first kappa shape index (κ1) is 22.7. The molecule has 4 aromatic rings. The van der Waals surface area contributed by atoms with Gasteiger partial charge in [0.05, 0.1) is 21.1 Å². The minimum Gasteiger partial charge on any atom is -0.507 e. The van der Waals surface area contributed by atoms with Crippen LogP contribution >= 0.6 is 23.2 Å². The number of halogens is 2. The molecule has 0 saturated carbocycles. The van der Waals surface area contributed by atoms with Crippen LogP contribution in [0.15, 0.2) is 60.7 Å². The average Bonchev–Trinajstić information content (AvgIpc) is 3.06. The van der Waals surface area contributed by atoms with Gasteiger partial charge in [0, 0.05) is 29.4 Å². The number of phenols is 1. The minimum absolute atomic E-state index is 0.155. The Morgan fingerprint density at radius 2 is 1.76 bits per heavy atom. The number of nitrogens with zero attached hydrogens (tertiary/aromatic N) is 1. The van der Waals surface area contributed by atoms with Crippen molar-refractivity contribution in [2.75, 3.05) is 11.9 Å². The largest absolute Gasteiger partial charge is 0.507 e. The molecule has 8 heteroatoms. The first-order valence-electron chi connectivity index (χ1n) is 10.2. The summed E-state index contributed by atoms with van der Waals surface area (Å²) in [4.78, 5) is 24.5. The van der Waals surface area contributed by atoms with Crippen molar-refractivity contribution in [3.8, 4) is 5.75 Å². The number of hydrogen-bond donors (Lipinski definition) is 3. The third-order valence-corrected chi connectivity index (χ3v) is 6.38. The van der Waals surface area contributed by atoms with Crippen LogP contribution in [-0.2, 0) is 6.42 Å². The van der Waals surface area contributed by atoms with Crippen LogP contribution in [0.25, 0.3) is 10.9 Å². The van der Waals surface area contributed by atoms with Crippen molar-refractivity contribution in [3.05, 3.63) is 93.1 Å². The fourth-order valence-corrected chi connectivity index (χ4v) is 4.34. The van der Waals surface area contributed by atoms with Gasteiger partial charge in [0.1, 0.15) is 11.3 Å². The Balaban J connectivity index is 1.64. The fourth-order valence-electron chi connectivity index (χ4n) is 3.96. The van der Waals surface area contributed by atoms with Gasteiger partial charge in [0.25, 0.3) is 5.91 Å². The molecule has 6 nitrogen and oxygen atoms in total. The van der Waals surface area contributed by atoms with Gasteiger partial charge in [-0.05, 0) is 49.2 Å².